The standard InChI is InChI=1S/C21H43N5O2.HI/c1-9-25(19(27)28-21(5,6)7)16-17-10-14-26(15-11-17)18(22-8)23-12-13-24-20(2,3)4;/h17,24H,9-16H2,1-8H3,(H,22,23);1H. The van der Waals surface area contributed by atoms with Crippen LogP contribution in [0, 0.1) is 5.92 Å². The number of hydrogen-bond donors (Lipinski definition) is 2. The van der Waals surface area contributed by atoms with Crippen LogP contribution in [0.5, 0.6) is 0 Å². The summed E-state index contributed by atoms with van der Waals surface area (Å²) in [6.45, 7) is 19.4. The lowest BCUT2D eigenvalue weighted by Crippen LogP contribution is -2.49. The fourth-order valence-corrected chi connectivity index (χ4v) is 3.24. The van der Waals surface area contributed by atoms with Crippen LogP contribution in [0.1, 0.15) is 61.3 Å². The molecular formula is C21H44IN5O2. The third kappa shape index (κ3) is 11.9. The number of carbonyl (C=O) groups excluding carboxylic acids is 1. The maximum Gasteiger partial charge on any atom is 0.410 e. The highest BCUT2D eigenvalue weighted by molar-refractivity contribution is 14.0. The summed E-state index contributed by atoms with van der Waals surface area (Å²) in [5.74, 6) is 1.47. The van der Waals surface area contributed by atoms with Gasteiger partial charge in [-0.25, -0.2) is 4.79 Å². The maximum atomic E-state index is 12.4. The molecule has 0 bridgehead atoms. The number of rotatable bonds is 6. The Morgan fingerprint density at radius 2 is 1.72 bits per heavy atom. The second-order valence-electron chi connectivity index (χ2n) is 9.60. The van der Waals surface area contributed by atoms with E-state index in [1.165, 1.54) is 0 Å². The van der Waals surface area contributed by atoms with Crippen LogP contribution in [-0.4, -0.2) is 79.3 Å². The second-order valence-corrected chi connectivity index (χ2v) is 9.60. The van der Waals surface area contributed by atoms with Crippen LogP contribution in [0.2, 0.25) is 0 Å². The molecule has 7 nitrogen and oxygen atoms in total. The molecule has 1 rings (SSSR count). The number of hydrogen-bond acceptors (Lipinski definition) is 4. The lowest BCUT2D eigenvalue weighted by atomic mass is 9.96. The summed E-state index contributed by atoms with van der Waals surface area (Å²) in [7, 11) is 1.84. The minimum Gasteiger partial charge on any atom is -0.444 e. The molecule has 1 amide bonds. The van der Waals surface area contributed by atoms with E-state index in [1.807, 2.05) is 39.6 Å². The fraction of sp³-hybridized carbons (Fsp3) is 0.905. The molecule has 8 heteroatoms. The van der Waals surface area contributed by atoms with Crippen molar-refractivity contribution in [2.45, 2.75) is 72.4 Å². The van der Waals surface area contributed by atoms with Gasteiger partial charge in [0.2, 0.25) is 0 Å². The Labute approximate surface area is 195 Å². The van der Waals surface area contributed by atoms with E-state index >= 15 is 0 Å². The summed E-state index contributed by atoms with van der Waals surface area (Å²) >= 11 is 0. The molecule has 0 saturated carbocycles. The molecule has 29 heavy (non-hydrogen) atoms. The molecule has 1 heterocycles. The van der Waals surface area contributed by atoms with Gasteiger partial charge in [-0.3, -0.25) is 4.99 Å². The van der Waals surface area contributed by atoms with Crippen LogP contribution < -0.4 is 10.6 Å². The molecule has 0 spiro atoms. The van der Waals surface area contributed by atoms with E-state index < -0.39 is 5.60 Å². The Morgan fingerprint density at radius 3 is 2.17 bits per heavy atom. The van der Waals surface area contributed by atoms with Crippen molar-refractivity contribution in [2.24, 2.45) is 10.9 Å². The summed E-state index contributed by atoms with van der Waals surface area (Å²) in [5.41, 5.74) is -0.323. The van der Waals surface area contributed by atoms with Crippen LogP contribution >= 0.6 is 24.0 Å². The number of amides is 1. The van der Waals surface area contributed by atoms with Crippen molar-refractivity contribution in [3.63, 3.8) is 0 Å². The van der Waals surface area contributed by atoms with Crippen molar-refractivity contribution in [2.75, 3.05) is 46.3 Å². The number of piperidine rings is 1. The maximum absolute atomic E-state index is 12.4. The molecule has 0 aromatic heterocycles. The highest BCUT2D eigenvalue weighted by Gasteiger charge is 2.27. The highest BCUT2D eigenvalue weighted by atomic mass is 127. The Hall–Kier alpha value is -0.770. The van der Waals surface area contributed by atoms with E-state index in [2.05, 4.69) is 41.3 Å². The summed E-state index contributed by atoms with van der Waals surface area (Å²) in [6.07, 6.45) is 1.90. The number of aliphatic imine (C=N–C) groups is 1. The van der Waals surface area contributed by atoms with Gasteiger partial charge in [-0.05, 0) is 67.2 Å². The SMILES string of the molecule is CCN(CC1CCN(C(=NC)NCCNC(C)(C)C)CC1)C(=O)OC(C)(C)C.I. The van der Waals surface area contributed by atoms with Gasteiger partial charge in [0.15, 0.2) is 5.96 Å². The van der Waals surface area contributed by atoms with Gasteiger partial charge in [-0.1, -0.05) is 0 Å². The van der Waals surface area contributed by atoms with E-state index in [0.29, 0.717) is 12.5 Å². The molecule has 2 N–H and O–H groups in total. The number of carbonyl (C=O) groups is 1. The van der Waals surface area contributed by atoms with Crippen LogP contribution in [0.15, 0.2) is 4.99 Å². The van der Waals surface area contributed by atoms with Crippen molar-refractivity contribution in [1.82, 2.24) is 20.4 Å². The summed E-state index contributed by atoms with van der Waals surface area (Å²) in [5, 5.41) is 6.93. The van der Waals surface area contributed by atoms with Crippen molar-refractivity contribution in [3.8, 4) is 0 Å². The van der Waals surface area contributed by atoms with Gasteiger partial charge in [0.1, 0.15) is 5.60 Å². The monoisotopic (exact) mass is 525 g/mol. The molecule has 1 aliphatic rings. The lowest BCUT2D eigenvalue weighted by molar-refractivity contribution is 0.0214. The van der Waals surface area contributed by atoms with E-state index in [-0.39, 0.29) is 35.6 Å². The average molecular weight is 526 g/mol. The van der Waals surface area contributed by atoms with Crippen molar-refractivity contribution < 1.29 is 9.53 Å². The molecule has 0 aromatic carbocycles. The zero-order valence-electron chi connectivity index (χ0n) is 19.8. The molecule has 1 saturated heterocycles. The quantitative estimate of drug-likeness (QED) is 0.240. The van der Waals surface area contributed by atoms with Crippen molar-refractivity contribution in [3.05, 3.63) is 0 Å². The first-order chi connectivity index (χ1) is 12.9. The first kappa shape index (κ1) is 28.2. The van der Waals surface area contributed by atoms with Crippen LogP contribution in [0.25, 0.3) is 0 Å². The molecule has 0 aromatic rings. The summed E-state index contributed by atoms with van der Waals surface area (Å²) in [6, 6.07) is 0. The average Bonchev–Trinajstić information content (AvgIpc) is 2.58. The summed E-state index contributed by atoms with van der Waals surface area (Å²) < 4.78 is 5.53. The number of nitrogens with one attached hydrogen (secondary N) is 2. The molecule has 172 valence electrons. The predicted octanol–water partition coefficient (Wildman–Crippen LogP) is 3.54. The van der Waals surface area contributed by atoms with Gasteiger partial charge >= 0.3 is 6.09 Å². The molecular weight excluding hydrogens is 481 g/mol. The fourth-order valence-electron chi connectivity index (χ4n) is 3.24. The van der Waals surface area contributed by atoms with Crippen molar-refractivity contribution in [1.29, 1.82) is 0 Å². The number of likely N-dealkylation sites (tertiary alicyclic amines) is 1. The number of halogens is 1. The topological polar surface area (TPSA) is 69.2 Å². The minimum atomic E-state index is -0.451. The third-order valence-corrected chi connectivity index (χ3v) is 4.70. The molecule has 1 fully saturated rings. The normalized spacial score (nSPS) is 16.3. The molecule has 1 aliphatic heterocycles. The largest absolute Gasteiger partial charge is 0.444 e. The molecule has 0 unspecified atom stereocenters. The predicted molar refractivity (Wildman–Crippen MR) is 132 cm³/mol. The second kappa shape index (κ2) is 12.8. The zero-order chi connectivity index (χ0) is 21.4. The number of nitrogens with zero attached hydrogens (tertiary/aromatic N) is 3. The Kier molecular flexibility index (Phi) is 12.5. The van der Waals surface area contributed by atoms with Gasteiger partial charge in [-0.2, -0.15) is 0 Å². The Bertz CT molecular complexity index is 506. The van der Waals surface area contributed by atoms with E-state index in [9.17, 15) is 4.79 Å². The number of guanidine groups is 1. The van der Waals surface area contributed by atoms with Crippen molar-refractivity contribution >= 4 is 36.0 Å². The van der Waals surface area contributed by atoms with Gasteiger partial charge < -0.3 is 25.2 Å². The first-order valence-corrected chi connectivity index (χ1v) is 10.6. The van der Waals surface area contributed by atoms with E-state index in [4.69, 9.17) is 4.74 Å². The third-order valence-electron chi connectivity index (χ3n) is 4.70. The van der Waals surface area contributed by atoms with E-state index in [0.717, 1.165) is 51.5 Å². The zero-order valence-corrected chi connectivity index (χ0v) is 22.1. The highest BCUT2D eigenvalue weighted by Crippen LogP contribution is 2.20. The van der Waals surface area contributed by atoms with Gasteiger partial charge in [0.25, 0.3) is 0 Å². The first-order valence-electron chi connectivity index (χ1n) is 10.6. The van der Waals surface area contributed by atoms with Crippen LogP contribution in [0.3, 0.4) is 0 Å². The minimum absolute atomic E-state index is 0. The number of ether oxygens (including phenoxy) is 1. The van der Waals surface area contributed by atoms with Crippen LogP contribution in [0.4, 0.5) is 4.79 Å². The summed E-state index contributed by atoms with van der Waals surface area (Å²) in [4.78, 5) is 20.9. The smallest absolute Gasteiger partial charge is 0.410 e. The molecule has 0 radical (unpaired) electrons. The van der Waals surface area contributed by atoms with Gasteiger partial charge in [0, 0.05) is 51.9 Å². The molecule has 0 atom stereocenters. The van der Waals surface area contributed by atoms with E-state index in [1.54, 1.807) is 0 Å². The lowest BCUT2D eigenvalue weighted by Gasteiger charge is -2.36. The van der Waals surface area contributed by atoms with Crippen LogP contribution in [-0.2, 0) is 4.74 Å². The Morgan fingerprint density at radius 1 is 1.14 bits per heavy atom. The van der Waals surface area contributed by atoms with Gasteiger partial charge in [-0.15, -0.1) is 24.0 Å². The van der Waals surface area contributed by atoms with Gasteiger partial charge in [0.05, 0.1) is 0 Å². The Balaban J connectivity index is 0.00000784. The molecule has 0 aliphatic carbocycles.